The second kappa shape index (κ2) is 6.05. The average molecular weight is 372 g/mol. The third-order valence-electron chi connectivity index (χ3n) is 4.82. The summed E-state index contributed by atoms with van der Waals surface area (Å²) < 4.78 is 6.89. The Morgan fingerprint density at radius 2 is 1.79 bits per heavy atom. The zero-order valence-corrected chi connectivity index (χ0v) is 15.2. The number of hydrogen-bond donors (Lipinski definition) is 2. The van der Waals surface area contributed by atoms with E-state index in [1.54, 1.807) is 26.6 Å². The molecule has 0 bridgehead atoms. The van der Waals surface area contributed by atoms with Crippen LogP contribution in [0.3, 0.4) is 0 Å². The van der Waals surface area contributed by atoms with Crippen LogP contribution in [0.25, 0.3) is 44.5 Å². The van der Waals surface area contributed by atoms with Gasteiger partial charge in [-0.3, -0.25) is 19.7 Å². The molecule has 4 aromatic heterocycles. The zero-order chi connectivity index (χ0) is 19.3. The van der Waals surface area contributed by atoms with Gasteiger partial charge in [-0.05, 0) is 24.3 Å². The SMILES string of the molecule is COc1ccccc1-c1[nH]nc2ncc(-c3cnc4[nH]n(C)c(=O)c4c3)cc12. The maximum Gasteiger partial charge on any atom is 0.275 e. The van der Waals surface area contributed by atoms with E-state index >= 15 is 0 Å². The summed E-state index contributed by atoms with van der Waals surface area (Å²) in [6.07, 6.45) is 3.46. The smallest absolute Gasteiger partial charge is 0.275 e. The third kappa shape index (κ3) is 2.38. The lowest BCUT2D eigenvalue weighted by Gasteiger charge is -2.07. The number of nitrogens with zero attached hydrogens (tertiary/aromatic N) is 4. The summed E-state index contributed by atoms with van der Waals surface area (Å²) in [6.45, 7) is 0. The molecule has 0 aliphatic carbocycles. The number of ether oxygens (including phenoxy) is 1. The maximum absolute atomic E-state index is 12.2. The normalized spacial score (nSPS) is 11.4. The Balaban J connectivity index is 1.70. The molecular weight excluding hydrogens is 356 g/mol. The summed E-state index contributed by atoms with van der Waals surface area (Å²) in [5.74, 6) is 0.748. The second-order valence-electron chi connectivity index (χ2n) is 6.49. The zero-order valence-electron chi connectivity index (χ0n) is 15.2. The molecule has 0 atom stereocenters. The Hall–Kier alpha value is -3.94. The van der Waals surface area contributed by atoms with Crippen molar-refractivity contribution in [3.63, 3.8) is 0 Å². The minimum absolute atomic E-state index is 0.114. The van der Waals surface area contributed by atoms with E-state index in [2.05, 4.69) is 25.3 Å². The van der Waals surface area contributed by atoms with Crippen LogP contribution in [0.4, 0.5) is 0 Å². The van der Waals surface area contributed by atoms with Crippen molar-refractivity contribution >= 4 is 22.1 Å². The molecular formula is C20H16N6O2. The number of aromatic nitrogens is 6. The van der Waals surface area contributed by atoms with Gasteiger partial charge in [0.1, 0.15) is 5.75 Å². The molecule has 0 radical (unpaired) electrons. The quantitative estimate of drug-likeness (QED) is 0.507. The van der Waals surface area contributed by atoms with Crippen molar-refractivity contribution in [2.24, 2.45) is 7.05 Å². The molecule has 0 aliphatic rings. The summed E-state index contributed by atoms with van der Waals surface area (Å²) >= 11 is 0. The predicted molar refractivity (Wildman–Crippen MR) is 106 cm³/mol. The van der Waals surface area contributed by atoms with E-state index in [0.717, 1.165) is 33.5 Å². The van der Waals surface area contributed by atoms with E-state index < -0.39 is 0 Å². The van der Waals surface area contributed by atoms with Crippen molar-refractivity contribution in [2.45, 2.75) is 0 Å². The number of H-pyrrole nitrogens is 2. The molecule has 5 rings (SSSR count). The van der Waals surface area contributed by atoms with Gasteiger partial charge >= 0.3 is 0 Å². The standard InChI is InChI=1S/C20H16N6O2/c1-26-20(27)15-8-12(10-22-19(15)25-26)11-7-14-17(23-24-18(14)21-9-11)13-5-3-4-6-16(13)28-2/h3-10H,1-2H3,(H,22,25)(H,21,23,24). The number of aryl methyl sites for hydroxylation is 1. The first-order valence-electron chi connectivity index (χ1n) is 8.68. The molecule has 1 aromatic carbocycles. The Morgan fingerprint density at radius 3 is 2.61 bits per heavy atom. The number of nitrogens with one attached hydrogen (secondary N) is 2. The fourth-order valence-corrected chi connectivity index (χ4v) is 3.38. The minimum atomic E-state index is -0.114. The molecule has 0 unspecified atom stereocenters. The van der Waals surface area contributed by atoms with Gasteiger partial charge in [0.25, 0.3) is 5.56 Å². The number of rotatable bonds is 3. The molecule has 8 heteroatoms. The van der Waals surface area contributed by atoms with Crippen molar-refractivity contribution in [2.75, 3.05) is 7.11 Å². The molecule has 0 amide bonds. The molecule has 8 nitrogen and oxygen atoms in total. The molecule has 5 aromatic rings. The highest BCUT2D eigenvalue weighted by Crippen LogP contribution is 2.34. The van der Waals surface area contributed by atoms with Crippen LogP contribution < -0.4 is 10.3 Å². The van der Waals surface area contributed by atoms with Gasteiger partial charge in [0, 0.05) is 41.5 Å². The lowest BCUT2D eigenvalue weighted by Crippen LogP contribution is -2.11. The van der Waals surface area contributed by atoms with Crippen LogP contribution in [-0.2, 0) is 7.05 Å². The van der Waals surface area contributed by atoms with Crippen LogP contribution in [0.15, 0.2) is 53.6 Å². The maximum atomic E-state index is 12.2. The molecule has 0 aliphatic heterocycles. The van der Waals surface area contributed by atoms with Gasteiger partial charge in [0.2, 0.25) is 0 Å². The fourth-order valence-electron chi connectivity index (χ4n) is 3.38. The number of fused-ring (bicyclic) bond motifs is 2. The number of benzene rings is 1. The van der Waals surface area contributed by atoms with Crippen molar-refractivity contribution in [3.8, 4) is 28.1 Å². The first kappa shape index (κ1) is 16.2. The van der Waals surface area contributed by atoms with Crippen molar-refractivity contribution < 1.29 is 4.74 Å². The van der Waals surface area contributed by atoms with Gasteiger partial charge in [-0.2, -0.15) is 5.10 Å². The second-order valence-corrected chi connectivity index (χ2v) is 6.49. The minimum Gasteiger partial charge on any atom is -0.496 e. The first-order valence-corrected chi connectivity index (χ1v) is 8.68. The van der Waals surface area contributed by atoms with E-state index in [4.69, 9.17) is 4.74 Å². The van der Waals surface area contributed by atoms with Crippen LogP contribution >= 0.6 is 0 Å². The number of hydrogen-bond acceptors (Lipinski definition) is 5. The largest absolute Gasteiger partial charge is 0.496 e. The van der Waals surface area contributed by atoms with E-state index in [9.17, 15) is 4.79 Å². The van der Waals surface area contributed by atoms with Crippen molar-refractivity contribution in [1.29, 1.82) is 0 Å². The Morgan fingerprint density at radius 1 is 1.04 bits per heavy atom. The third-order valence-corrected chi connectivity index (χ3v) is 4.82. The number of pyridine rings is 2. The topological polar surface area (TPSA) is 101 Å². The summed E-state index contributed by atoms with van der Waals surface area (Å²) in [5, 5.41) is 11.7. The lowest BCUT2D eigenvalue weighted by molar-refractivity contribution is 0.416. The number of methoxy groups -OCH3 is 1. The number of aromatic amines is 2. The van der Waals surface area contributed by atoms with Crippen LogP contribution in [-0.4, -0.2) is 37.1 Å². The van der Waals surface area contributed by atoms with Gasteiger partial charge in [-0.25, -0.2) is 9.97 Å². The van der Waals surface area contributed by atoms with E-state index in [1.165, 1.54) is 4.68 Å². The molecule has 0 spiro atoms. The molecule has 0 saturated carbocycles. The molecule has 4 heterocycles. The van der Waals surface area contributed by atoms with Gasteiger partial charge < -0.3 is 4.74 Å². The Labute approximate surface area is 158 Å². The van der Waals surface area contributed by atoms with E-state index in [1.807, 2.05) is 36.4 Å². The highest BCUT2D eigenvalue weighted by molar-refractivity contribution is 5.95. The summed E-state index contributed by atoms with van der Waals surface area (Å²) in [6, 6.07) is 11.6. The van der Waals surface area contributed by atoms with Crippen LogP contribution in [0.1, 0.15) is 0 Å². The predicted octanol–water partition coefficient (Wildman–Crippen LogP) is 2.88. The molecule has 138 valence electrons. The van der Waals surface area contributed by atoms with Gasteiger partial charge in [-0.1, -0.05) is 12.1 Å². The van der Waals surface area contributed by atoms with Crippen molar-refractivity contribution in [1.82, 2.24) is 29.9 Å². The lowest BCUT2D eigenvalue weighted by atomic mass is 10.0. The monoisotopic (exact) mass is 372 g/mol. The molecule has 2 N–H and O–H groups in total. The highest BCUT2D eigenvalue weighted by atomic mass is 16.5. The summed E-state index contributed by atoms with van der Waals surface area (Å²) in [4.78, 5) is 21.1. The average Bonchev–Trinajstić information content (AvgIpc) is 3.28. The van der Waals surface area contributed by atoms with Crippen LogP contribution in [0.5, 0.6) is 5.75 Å². The van der Waals surface area contributed by atoms with E-state index in [0.29, 0.717) is 16.7 Å². The molecule has 0 saturated heterocycles. The van der Waals surface area contributed by atoms with E-state index in [-0.39, 0.29) is 5.56 Å². The molecule has 28 heavy (non-hydrogen) atoms. The summed E-state index contributed by atoms with van der Waals surface area (Å²) in [5.41, 5.74) is 4.44. The van der Waals surface area contributed by atoms with Gasteiger partial charge in [0.15, 0.2) is 11.3 Å². The molecule has 0 fully saturated rings. The fraction of sp³-hybridized carbons (Fsp3) is 0.100. The van der Waals surface area contributed by atoms with Crippen LogP contribution in [0.2, 0.25) is 0 Å². The first-order chi connectivity index (χ1) is 13.7. The van der Waals surface area contributed by atoms with Gasteiger partial charge in [-0.15, -0.1) is 0 Å². The Kier molecular flexibility index (Phi) is 3.51. The number of para-hydroxylation sites is 1. The highest BCUT2D eigenvalue weighted by Gasteiger charge is 2.14. The van der Waals surface area contributed by atoms with Gasteiger partial charge in [0.05, 0.1) is 18.2 Å². The van der Waals surface area contributed by atoms with Crippen molar-refractivity contribution in [3.05, 3.63) is 59.1 Å². The van der Waals surface area contributed by atoms with Crippen LogP contribution in [0, 0.1) is 0 Å². The Bertz CT molecular complexity index is 1400. The summed E-state index contributed by atoms with van der Waals surface area (Å²) in [7, 11) is 3.31.